The molecule has 1 heterocycles. The maximum absolute atomic E-state index is 13.3. The summed E-state index contributed by atoms with van der Waals surface area (Å²) in [6.07, 6.45) is 2.26. The summed E-state index contributed by atoms with van der Waals surface area (Å²) in [5.41, 5.74) is 8.18. The van der Waals surface area contributed by atoms with Gasteiger partial charge in [0.2, 0.25) is 5.91 Å². The molecule has 1 saturated heterocycles. The number of carbonyl (C=O) groups is 2. The highest BCUT2D eigenvalue weighted by Crippen LogP contribution is 2.46. The van der Waals surface area contributed by atoms with Crippen LogP contribution in [-0.4, -0.2) is 23.1 Å². The summed E-state index contributed by atoms with van der Waals surface area (Å²) in [5, 5.41) is 3.08. The number of likely N-dealkylation sites (tertiary alicyclic amines) is 1. The Balaban J connectivity index is 1.82. The second-order valence-electron chi connectivity index (χ2n) is 8.56. The van der Waals surface area contributed by atoms with E-state index in [9.17, 15) is 9.59 Å². The molecule has 2 aromatic rings. The highest BCUT2D eigenvalue weighted by molar-refractivity contribution is 6.03. The molecule has 3 N–H and O–H groups in total. The van der Waals surface area contributed by atoms with Crippen LogP contribution in [-0.2, 0) is 11.3 Å². The zero-order valence-electron chi connectivity index (χ0n) is 19.6. The molecule has 172 valence electrons. The number of imide groups is 1. The van der Waals surface area contributed by atoms with Gasteiger partial charge >= 0.3 is 6.03 Å². The lowest BCUT2D eigenvalue weighted by Gasteiger charge is -2.53. The minimum Gasteiger partial charge on any atom is -0.469 e. The third-order valence-corrected chi connectivity index (χ3v) is 6.59. The summed E-state index contributed by atoms with van der Waals surface area (Å²) in [6, 6.07) is 15.0. The first-order chi connectivity index (χ1) is 15.4. The maximum Gasteiger partial charge on any atom is 0.327 e. The lowest BCUT2D eigenvalue weighted by atomic mass is 9.72. The van der Waals surface area contributed by atoms with Crippen LogP contribution in [0.25, 0.3) is 0 Å². The number of nitrogens with two attached hydrogens (primary N) is 1. The Morgan fingerprint density at radius 2 is 1.72 bits per heavy atom. The number of hydrogen-bond acceptors (Lipinski definition) is 4. The number of nitrogens with one attached hydrogen (secondary N) is 1. The van der Waals surface area contributed by atoms with Crippen molar-refractivity contribution in [3.8, 4) is 5.75 Å². The fraction of sp³-hybridized carbons (Fsp3) is 0.462. The molecule has 0 aromatic heterocycles. The molecule has 2 atom stereocenters. The van der Waals surface area contributed by atoms with E-state index in [1.807, 2.05) is 69.3 Å². The third kappa shape index (κ3) is 4.51. The van der Waals surface area contributed by atoms with E-state index < -0.39 is 17.7 Å². The topological polar surface area (TPSA) is 84.7 Å². The Morgan fingerprint density at radius 3 is 2.25 bits per heavy atom. The summed E-state index contributed by atoms with van der Waals surface area (Å²) in [4.78, 5) is 27.7. The smallest absolute Gasteiger partial charge is 0.327 e. The number of rotatable bonds is 9. The van der Waals surface area contributed by atoms with E-state index in [4.69, 9.17) is 10.5 Å². The van der Waals surface area contributed by atoms with E-state index in [0.717, 1.165) is 29.5 Å². The molecular weight excluding hydrogens is 402 g/mol. The van der Waals surface area contributed by atoms with E-state index in [2.05, 4.69) is 12.2 Å². The average molecular weight is 438 g/mol. The van der Waals surface area contributed by atoms with E-state index in [0.29, 0.717) is 25.1 Å². The van der Waals surface area contributed by atoms with Gasteiger partial charge < -0.3 is 15.8 Å². The Bertz CT molecular complexity index is 920. The van der Waals surface area contributed by atoms with Crippen LogP contribution in [0.5, 0.6) is 5.75 Å². The number of nitrogens with zero attached hydrogens (tertiary/aromatic N) is 1. The van der Waals surface area contributed by atoms with Gasteiger partial charge in [0.05, 0.1) is 6.04 Å². The van der Waals surface area contributed by atoms with E-state index in [1.165, 1.54) is 4.90 Å². The Morgan fingerprint density at radius 1 is 1.09 bits per heavy atom. The van der Waals surface area contributed by atoms with Gasteiger partial charge in [-0.25, -0.2) is 9.69 Å². The molecule has 3 amide bonds. The van der Waals surface area contributed by atoms with Crippen LogP contribution < -0.4 is 15.8 Å². The predicted octanol–water partition coefficient (Wildman–Crippen LogP) is 5.06. The average Bonchev–Trinajstić information content (AvgIpc) is 2.80. The van der Waals surface area contributed by atoms with E-state index in [1.54, 1.807) is 0 Å². The summed E-state index contributed by atoms with van der Waals surface area (Å²) in [5.74, 6) is 0.440. The zero-order valence-corrected chi connectivity index (χ0v) is 19.6. The number of urea groups is 1. The number of aryl methyl sites for hydroxylation is 1. The number of β-lactam (4-membered cyclic amide) rings is 1. The monoisotopic (exact) mass is 437 g/mol. The zero-order chi connectivity index (χ0) is 23.3. The lowest BCUT2D eigenvalue weighted by Crippen LogP contribution is -2.73. The largest absolute Gasteiger partial charge is 0.469 e. The normalized spacial score (nSPS) is 18.1. The highest BCUT2D eigenvalue weighted by atomic mass is 16.5. The molecule has 0 bridgehead atoms. The van der Waals surface area contributed by atoms with Crippen molar-refractivity contribution in [3.63, 3.8) is 0 Å². The number of amides is 3. The second kappa shape index (κ2) is 10.2. The van der Waals surface area contributed by atoms with Crippen molar-refractivity contribution < 1.29 is 14.3 Å². The number of carbonyl (C=O) groups excluding carboxylic acids is 2. The van der Waals surface area contributed by atoms with Gasteiger partial charge in [0.15, 0.2) is 6.23 Å². The number of benzene rings is 2. The summed E-state index contributed by atoms with van der Waals surface area (Å²) < 4.78 is 6.22. The first-order valence-corrected chi connectivity index (χ1v) is 11.6. The fourth-order valence-corrected chi connectivity index (χ4v) is 4.36. The van der Waals surface area contributed by atoms with Gasteiger partial charge in [-0.15, -0.1) is 0 Å². The van der Waals surface area contributed by atoms with Gasteiger partial charge in [0.1, 0.15) is 11.2 Å². The van der Waals surface area contributed by atoms with Crippen LogP contribution in [0.2, 0.25) is 0 Å². The molecule has 1 fully saturated rings. The van der Waals surface area contributed by atoms with Crippen molar-refractivity contribution in [2.75, 3.05) is 0 Å². The molecule has 0 saturated carbocycles. The number of ether oxygens (including phenoxy) is 1. The van der Waals surface area contributed by atoms with Crippen LogP contribution in [0.15, 0.2) is 48.5 Å². The van der Waals surface area contributed by atoms with Crippen LogP contribution in [0.3, 0.4) is 0 Å². The Kier molecular flexibility index (Phi) is 7.56. The van der Waals surface area contributed by atoms with E-state index >= 15 is 0 Å². The highest BCUT2D eigenvalue weighted by Gasteiger charge is 2.63. The first kappa shape index (κ1) is 23.8. The van der Waals surface area contributed by atoms with E-state index in [-0.39, 0.29) is 11.9 Å². The van der Waals surface area contributed by atoms with Crippen molar-refractivity contribution in [3.05, 3.63) is 65.2 Å². The molecule has 1 aliphatic heterocycles. The van der Waals surface area contributed by atoms with Gasteiger partial charge in [-0.3, -0.25) is 4.79 Å². The van der Waals surface area contributed by atoms with Crippen molar-refractivity contribution in [2.45, 2.75) is 72.2 Å². The van der Waals surface area contributed by atoms with Gasteiger partial charge in [-0.1, -0.05) is 69.2 Å². The van der Waals surface area contributed by atoms with Crippen molar-refractivity contribution >= 4 is 11.9 Å². The summed E-state index contributed by atoms with van der Waals surface area (Å²) in [6.45, 7) is 8.50. The van der Waals surface area contributed by atoms with Gasteiger partial charge in [-0.2, -0.15) is 0 Å². The molecule has 2 aromatic carbocycles. The van der Waals surface area contributed by atoms with Crippen LogP contribution in [0.1, 0.15) is 69.2 Å². The summed E-state index contributed by atoms with van der Waals surface area (Å²) >= 11 is 0. The molecular formula is C26H35N3O3. The molecule has 1 aliphatic rings. The predicted molar refractivity (Wildman–Crippen MR) is 126 cm³/mol. The van der Waals surface area contributed by atoms with Crippen molar-refractivity contribution in [2.24, 2.45) is 11.1 Å². The second-order valence-corrected chi connectivity index (χ2v) is 8.56. The standard InChI is InChI=1S/C26H35N3O3/c1-5-8-22(20-13-9-18(4)10-14-20)28-25(31)29-23(30)26(6-2,7-3)24(29)32-21-15-11-19(17-27)12-16-21/h9-16,22,24H,5-8,17,27H2,1-4H3,(H,28,31)/t22-,24?/m1/s1. The van der Waals surface area contributed by atoms with Gasteiger partial charge in [0.25, 0.3) is 0 Å². The summed E-state index contributed by atoms with van der Waals surface area (Å²) in [7, 11) is 0. The first-order valence-electron chi connectivity index (χ1n) is 11.6. The minimum absolute atomic E-state index is 0.163. The van der Waals surface area contributed by atoms with Crippen LogP contribution >= 0.6 is 0 Å². The third-order valence-electron chi connectivity index (χ3n) is 6.59. The van der Waals surface area contributed by atoms with Gasteiger partial charge in [-0.05, 0) is 49.4 Å². The molecule has 6 nitrogen and oxygen atoms in total. The Hall–Kier alpha value is -2.86. The quantitative estimate of drug-likeness (QED) is 0.537. The fourth-order valence-electron chi connectivity index (χ4n) is 4.36. The maximum atomic E-state index is 13.3. The lowest BCUT2D eigenvalue weighted by molar-refractivity contribution is -0.191. The molecule has 0 radical (unpaired) electrons. The molecule has 3 rings (SSSR count). The molecule has 6 heteroatoms. The molecule has 1 unspecified atom stereocenters. The van der Waals surface area contributed by atoms with Crippen molar-refractivity contribution in [1.82, 2.24) is 10.2 Å². The molecule has 32 heavy (non-hydrogen) atoms. The van der Waals surface area contributed by atoms with Crippen molar-refractivity contribution in [1.29, 1.82) is 0 Å². The number of hydrogen-bond donors (Lipinski definition) is 2. The molecule has 0 aliphatic carbocycles. The Labute approximate surface area is 191 Å². The van der Waals surface area contributed by atoms with Gasteiger partial charge in [0, 0.05) is 6.54 Å². The molecule has 0 spiro atoms. The van der Waals surface area contributed by atoms with Crippen LogP contribution in [0.4, 0.5) is 4.79 Å². The minimum atomic E-state index is -0.700. The van der Waals surface area contributed by atoms with Crippen LogP contribution in [0, 0.1) is 12.3 Å². The SMILES string of the molecule is CCC[C@@H](NC(=O)N1C(=O)C(CC)(CC)C1Oc1ccc(CN)cc1)c1ccc(C)cc1.